The number of para-hydroxylation sites is 1. The molecule has 0 heterocycles. The highest BCUT2D eigenvalue weighted by Gasteiger charge is 2.16. The van der Waals surface area contributed by atoms with E-state index in [1.807, 2.05) is 19.1 Å². The van der Waals surface area contributed by atoms with Crippen molar-refractivity contribution in [3.8, 4) is 5.75 Å². The number of halogens is 3. The molecule has 0 aliphatic rings. The third-order valence-electron chi connectivity index (χ3n) is 3.32. The Balaban J connectivity index is 1.70. The normalized spacial score (nSPS) is 11.8. The quantitative estimate of drug-likeness (QED) is 0.520. The summed E-state index contributed by atoms with van der Waals surface area (Å²) >= 11 is 19.5. The van der Waals surface area contributed by atoms with Gasteiger partial charge in [0.15, 0.2) is 0 Å². The van der Waals surface area contributed by atoms with E-state index in [0.717, 1.165) is 17.9 Å². The number of thioether (sulfide) groups is 1. The molecule has 2 aromatic rings. The molecule has 134 valence electrons. The van der Waals surface area contributed by atoms with Gasteiger partial charge in [-0.2, -0.15) is 0 Å². The fourth-order valence-electron chi connectivity index (χ4n) is 1.96. The molecule has 0 aromatic heterocycles. The van der Waals surface area contributed by atoms with Crippen molar-refractivity contribution in [1.82, 2.24) is 0 Å². The van der Waals surface area contributed by atoms with Crippen molar-refractivity contribution in [2.45, 2.75) is 18.6 Å². The summed E-state index contributed by atoms with van der Waals surface area (Å²) in [5, 5.41) is 4.10. The summed E-state index contributed by atoms with van der Waals surface area (Å²) in [5.74, 6) is 1.46. The molecule has 0 fully saturated rings. The molecule has 0 aliphatic heterocycles. The zero-order chi connectivity index (χ0) is 18.2. The van der Waals surface area contributed by atoms with Crippen LogP contribution in [-0.2, 0) is 4.79 Å². The van der Waals surface area contributed by atoms with E-state index < -0.39 is 0 Å². The SMILES string of the molecule is C[C@H](SCCCOc1ccc(Cl)cc1)C(=O)Nc1c(Cl)cccc1Cl. The predicted octanol–water partition coefficient (Wildman–Crippen LogP) is 6.18. The molecule has 0 radical (unpaired) electrons. The van der Waals surface area contributed by atoms with Gasteiger partial charge in [0.05, 0.1) is 27.6 Å². The number of benzene rings is 2. The molecule has 1 N–H and O–H groups in total. The zero-order valence-corrected chi connectivity index (χ0v) is 16.7. The van der Waals surface area contributed by atoms with Gasteiger partial charge in [-0.15, -0.1) is 11.8 Å². The first kappa shape index (κ1) is 20.2. The largest absolute Gasteiger partial charge is 0.494 e. The first-order chi connectivity index (χ1) is 12.0. The maximum atomic E-state index is 12.2. The predicted molar refractivity (Wildman–Crippen MR) is 109 cm³/mol. The Morgan fingerprint density at radius 3 is 2.40 bits per heavy atom. The van der Waals surface area contributed by atoms with Crippen LogP contribution in [0.4, 0.5) is 5.69 Å². The van der Waals surface area contributed by atoms with Gasteiger partial charge in [0, 0.05) is 5.02 Å². The molecule has 3 nitrogen and oxygen atoms in total. The molecule has 1 amide bonds. The van der Waals surface area contributed by atoms with Crippen LogP contribution in [0.5, 0.6) is 5.75 Å². The lowest BCUT2D eigenvalue weighted by Crippen LogP contribution is -2.23. The lowest BCUT2D eigenvalue weighted by molar-refractivity contribution is -0.115. The van der Waals surface area contributed by atoms with Crippen LogP contribution in [0, 0.1) is 0 Å². The van der Waals surface area contributed by atoms with E-state index in [-0.39, 0.29) is 11.2 Å². The number of carbonyl (C=O) groups excluding carboxylic acids is 1. The maximum absolute atomic E-state index is 12.2. The molecule has 0 saturated carbocycles. The van der Waals surface area contributed by atoms with Crippen molar-refractivity contribution < 1.29 is 9.53 Å². The molecule has 0 aliphatic carbocycles. The Hall–Kier alpha value is -1.07. The van der Waals surface area contributed by atoms with E-state index in [4.69, 9.17) is 39.5 Å². The second-order valence-corrected chi connectivity index (χ2v) is 7.95. The fraction of sp³-hybridized carbons (Fsp3) is 0.278. The summed E-state index contributed by atoms with van der Waals surface area (Å²) in [6.07, 6.45) is 0.831. The van der Waals surface area contributed by atoms with E-state index >= 15 is 0 Å². The number of amides is 1. The monoisotopic (exact) mass is 417 g/mol. The van der Waals surface area contributed by atoms with Crippen LogP contribution >= 0.6 is 46.6 Å². The Morgan fingerprint density at radius 2 is 1.76 bits per heavy atom. The van der Waals surface area contributed by atoms with Gasteiger partial charge in [0.1, 0.15) is 5.75 Å². The highest BCUT2D eigenvalue weighted by molar-refractivity contribution is 8.00. The van der Waals surface area contributed by atoms with Crippen molar-refractivity contribution >= 4 is 58.2 Å². The molecular weight excluding hydrogens is 401 g/mol. The summed E-state index contributed by atoms with van der Waals surface area (Å²) in [4.78, 5) is 12.2. The number of carbonyl (C=O) groups is 1. The lowest BCUT2D eigenvalue weighted by atomic mass is 10.3. The number of anilines is 1. The zero-order valence-electron chi connectivity index (χ0n) is 13.6. The van der Waals surface area contributed by atoms with E-state index in [9.17, 15) is 4.79 Å². The molecular formula is C18H18Cl3NO2S. The van der Waals surface area contributed by atoms with Crippen molar-refractivity contribution in [1.29, 1.82) is 0 Å². The standard InChI is InChI=1S/C18H18Cl3NO2S/c1-12(18(23)22-17-15(20)4-2-5-16(17)21)25-11-3-10-24-14-8-6-13(19)7-9-14/h2,4-9,12H,3,10-11H2,1H3,(H,22,23)/t12-/m0/s1. The summed E-state index contributed by atoms with van der Waals surface area (Å²) in [6, 6.07) is 12.4. The number of hydrogen-bond acceptors (Lipinski definition) is 3. The van der Waals surface area contributed by atoms with Crippen LogP contribution in [0.1, 0.15) is 13.3 Å². The van der Waals surface area contributed by atoms with Crippen molar-refractivity contribution in [3.63, 3.8) is 0 Å². The second-order valence-electron chi connectivity index (χ2n) is 5.25. The highest BCUT2D eigenvalue weighted by atomic mass is 35.5. The van der Waals surface area contributed by atoms with Gasteiger partial charge in [0.2, 0.25) is 5.91 Å². The molecule has 0 bridgehead atoms. The fourth-order valence-corrected chi connectivity index (χ4v) is 3.42. The van der Waals surface area contributed by atoms with Gasteiger partial charge in [-0.05, 0) is 55.5 Å². The van der Waals surface area contributed by atoms with Crippen molar-refractivity contribution in [3.05, 3.63) is 57.5 Å². The molecule has 7 heteroatoms. The Bertz CT molecular complexity index is 690. The Labute approximate surface area is 167 Å². The van der Waals surface area contributed by atoms with Crippen LogP contribution in [0.15, 0.2) is 42.5 Å². The van der Waals surface area contributed by atoms with Gasteiger partial charge in [-0.3, -0.25) is 4.79 Å². The summed E-state index contributed by atoms with van der Waals surface area (Å²) < 4.78 is 5.62. The average molecular weight is 419 g/mol. The number of nitrogens with one attached hydrogen (secondary N) is 1. The molecule has 0 spiro atoms. The summed E-state index contributed by atoms with van der Waals surface area (Å²) in [6.45, 7) is 2.43. The van der Waals surface area contributed by atoms with E-state index in [2.05, 4.69) is 5.32 Å². The minimum atomic E-state index is -0.220. The van der Waals surface area contributed by atoms with E-state index in [1.165, 1.54) is 0 Å². The first-order valence-corrected chi connectivity index (χ1v) is 9.90. The molecule has 25 heavy (non-hydrogen) atoms. The second kappa shape index (κ2) is 10.2. The van der Waals surface area contributed by atoms with Crippen LogP contribution < -0.4 is 10.1 Å². The molecule has 0 saturated heterocycles. The average Bonchev–Trinajstić information content (AvgIpc) is 2.59. The smallest absolute Gasteiger partial charge is 0.237 e. The lowest BCUT2D eigenvalue weighted by Gasteiger charge is -2.14. The van der Waals surface area contributed by atoms with Crippen LogP contribution in [0.2, 0.25) is 15.1 Å². The number of rotatable bonds is 8. The molecule has 1 atom stereocenters. The summed E-state index contributed by atoms with van der Waals surface area (Å²) in [5.41, 5.74) is 0.453. The minimum Gasteiger partial charge on any atom is -0.494 e. The Kier molecular flexibility index (Phi) is 8.24. The minimum absolute atomic E-state index is 0.126. The molecule has 0 unspecified atom stereocenters. The van der Waals surface area contributed by atoms with Gasteiger partial charge in [-0.25, -0.2) is 0 Å². The van der Waals surface area contributed by atoms with Crippen LogP contribution in [0.3, 0.4) is 0 Å². The van der Waals surface area contributed by atoms with Crippen molar-refractivity contribution in [2.75, 3.05) is 17.7 Å². The van der Waals surface area contributed by atoms with Crippen molar-refractivity contribution in [2.24, 2.45) is 0 Å². The van der Waals surface area contributed by atoms with Gasteiger partial charge >= 0.3 is 0 Å². The van der Waals surface area contributed by atoms with Crippen LogP contribution in [-0.4, -0.2) is 23.5 Å². The maximum Gasteiger partial charge on any atom is 0.237 e. The third-order valence-corrected chi connectivity index (χ3v) is 5.44. The number of ether oxygens (including phenoxy) is 1. The number of hydrogen-bond donors (Lipinski definition) is 1. The summed E-state index contributed by atoms with van der Waals surface area (Å²) in [7, 11) is 0. The van der Waals surface area contributed by atoms with Gasteiger partial charge in [0.25, 0.3) is 0 Å². The first-order valence-electron chi connectivity index (χ1n) is 7.72. The van der Waals surface area contributed by atoms with E-state index in [1.54, 1.807) is 42.1 Å². The topological polar surface area (TPSA) is 38.3 Å². The van der Waals surface area contributed by atoms with Gasteiger partial charge < -0.3 is 10.1 Å². The van der Waals surface area contributed by atoms with Crippen LogP contribution in [0.25, 0.3) is 0 Å². The molecule has 2 aromatic carbocycles. The highest BCUT2D eigenvalue weighted by Crippen LogP contribution is 2.30. The molecule has 2 rings (SSSR count). The Morgan fingerprint density at radius 1 is 1.12 bits per heavy atom. The van der Waals surface area contributed by atoms with E-state index in [0.29, 0.717) is 27.4 Å². The third kappa shape index (κ3) is 6.63. The van der Waals surface area contributed by atoms with Gasteiger partial charge in [-0.1, -0.05) is 40.9 Å².